The van der Waals surface area contributed by atoms with Crippen LogP contribution in [0.3, 0.4) is 0 Å². The number of nitrogens with zero attached hydrogens (tertiary/aromatic N) is 2. The molecule has 0 saturated heterocycles. The van der Waals surface area contributed by atoms with E-state index in [1.165, 1.54) is 11.3 Å². The molecule has 0 aliphatic carbocycles. The molecule has 0 aliphatic heterocycles. The molecule has 1 aromatic carbocycles. The van der Waals surface area contributed by atoms with E-state index in [9.17, 15) is 0 Å². The van der Waals surface area contributed by atoms with E-state index in [4.69, 9.17) is 5.73 Å². The van der Waals surface area contributed by atoms with Gasteiger partial charge in [-0.3, -0.25) is 0 Å². The van der Waals surface area contributed by atoms with Gasteiger partial charge in [-0.1, -0.05) is 31.2 Å². The SMILES string of the molecule is CCC(N)Cc1cccnc1N(CC)c1ccccc1. The Morgan fingerprint density at radius 1 is 1.10 bits per heavy atom. The average molecular weight is 269 g/mol. The minimum atomic E-state index is 0.187. The maximum absolute atomic E-state index is 6.11. The quantitative estimate of drug-likeness (QED) is 0.872. The third kappa shape index (κ3) is 3.36. The highest BCUT2D eigenvalue weighted by atomic mass is 15.2. The molecule has 2 aromatic rings. The summed E-state index contributed by atoms with van der Waals surface area (Å²) in [4.78, 5) is 6.82. The summed E-state index contributed by atoms with van der Waals surface area (Å²) in [6, 6.07) is 14.7. The molecule has 20 heavy (non-hydrogen) atoms. The number of para-hydroxylation sites is 1. The van der Waals surface area contributed by atoms with Crippen molar-refractivity contribution < 1.29 is 0 Å². The third-order valence-corrected chi connectivity index (χ3v) is 3.51. The van der Waals surface area contributed by atoms with Gasteiger partial charge in [-0.15, -0.1) is 0 Å². The molecule has 3 heteroatoms. The van der Waals surface area contributed by atoms with Crippen molar-refractivity contribution in [2.75, 3.05) is 11.4 Å². The van der Waals surface area contributed by atoms with Crippen LogP contribution >= 0.6 is 0 Å². The lowest BCUT2D eigenvalue weighted by Gasteiger charge is -2.25. The van der Waals surface area contributed by atoms with Gasteiger partial charge in [-0.25, -0.2) is 4.98 Å². The number of hydrogen-bond donors (Lipinski definition) is 1. The molecule has 2 N–H and O–H groups in total. The van der Waals surface area contributed by atoms with Crippen LogP contribution in [0.5, 0.6) is 0 Å². The molecule has 0 amide bonds. The highest BCUT2D eigenvalue weighted by Crippen LogP contribution is 2.26. The lowest BCUT2D eigenvalue weighted by atomic mass is 10.0. The van der Waals surface area contributed by atoms with Gasteiger partial charge in [0.15, 0.2) is 0 Å². The Balaban J connectivity index is 2.35. The molecule has 2 rings (SSSR count). The second kappa shape index (κ2) is 7.06. The highest BCUT2D eigenvalue weighted by Gasteiger charge is 2.14. The topological polar surface area (TPSA) is 42.1 Å². The third-order valence-electron chi connectivity index (χ3n) is 3.51. The summed E-state index contributed by atoms with van der Waals surface area (Å²) in [5.74, 6) is 1.02. The number of pyridine rings is 1. The summed E-state index contributed by atoms with van der Waals surface area (Å²) < 4.78 is 0. The number of benzene rings is 1. The zero-order valence-corrected chi connectivity index (χ0v) is 12.3. The monoisotopic (exact) mass is 269 g/mol. The maximum Gasteiger partial charge on any atom is 0.136 e. The second-order valence-electron chi connectivity index (χ2n) is 4.94. The summed E-state index contributed by atoms with van der Waals surface area (Å²) in [5.41, 5.74) is 8.49. The van der Waals surface area contributed by atoms with E-state index in [1.807, 2.05) is 18.3 Å². The van der Waals surface area contributed by atoms with E-state index in [0.717, 1.165) is 25.2 Å². The van der Waals surface area contributed by atoms with Gasteiger partial charge in [0.2, 0.25) is 0 Å². The Morgan fingerprint density at radius 3 is 2.50 bits per heavy atom. The molecule has 0 bridgehead atoms. The Hall–Kier alpha value is -1.87. The van der Waals surface area contributed by atoms with Crippen LogP contribution in [0, 0.1) is 0 Å². The number of anilines is 2. The van der Waals surface area contributed by atoms with E-state index in [-0.39, 0.29) is 6.04 Å². The first-order valence-corrected chi connectivity index (χ1v) is 7.28. The molecule has 3 nitrogen and oxygen atoms in total. The Kier molecular flexibility index (Phi) is 5.13. The predicted octanol–water partition coefficient (Wildman–Crippen LogP) is 3.52. The molecule has 0 spiro atoms. The first-order chi connectivity index (χ1) is 9.76. The van der Waals surface area contributed by atoms with Gasteiger partial charge in [-0.2, -0.15) is 0 Å². The molecule has 0 saturated carbocycles. The Labute approximate surface area is 121 Å². The molecular formula is C17H23N3. The summed E-state index contributed by atoms with van der Waals surface area (Å²) in [7, 11) is 0. The van der Waals surface area contributed by atoms with Crippen molar-refractivity contribution in [1.82, 2.24) is 4.98 Å². The van der Waals surface area contributed by atoms with Crippen molar-refractivity contribution in [3.05, 3.63) is 54.2 Å². The van der Waals surface area contributed by atoms with Crippen LogP contribution in [-0.2, 0) is 6.42 Å². The number of rotatable bonds is 6. The van der Waals surface area contributed by atoms with E-state index >= 15 is 0 Å². The molecule has 1 heterocycles. The smallest absolute Gasteiger partial charge is 0.136 e. The van der Waals surface area contributed by atoms with Crippen molar-refractivity contribution >= 4 is 11.5 Å². The first-order valence-electron chi connectivity index (χ1n) is 7.28. The number of aromatic nitrogens is 1. The second-order valence-corrected chi connectivity index (χ2v) is 4.94. The van der Waals surface area contributed by atoms with Crippen LogP contribution in [0.15, 0.2) is 48.7 Å². The van der Waals surface area contributed by atoms with Crippen LogP contribution in [-0.4, -0.2) is 17.6 Å². The van der Waals surface area contributed by atoms with Crippen molar-refractivity contribution in [1.29, 1.82) is 0 Å². The van der Waals surface area contributed by atoms with Crippen molar-refractivity contribution in [3.8, 4) is 0 Å². The van der Waals surface area contributed by atoms with E-state index in [2.05, 4.69) is 54.1 Å². The van der Waals surface area contributed by atoms with Gasteiger partial charge < -0.3 is 10.6 Å². The van der Waals surface area contributed by atoms with Crippen molar-refractivity contribution in [2.24, 2.45) is 5.73 Å². The summed E-state index contributed by atoms with van der Waals surface area (Å²) in [6.07, 6.45) is 3.69. The lowest BCUT2D eigenvalue weighted by molar-refractivity contribution is 0.644. The van der Waals surface area contributed by atoms with Crippen LogP contribution < -0.4 is 10.6 Å². The van der Waals surface area contributed by atoms with Gasteiger partial charge in [0, 0.05) is 24.5 Å². The van der Waals surface area contributed by atoms with Crippen LogP contribution in [0.25, 0.3) is 0 Å². The van der Waals surface area contributed by atoms with Gasteiger partial charge in [0.25, 0.3) is 0 Å². The fourth-order valence-electron chi connectivity index (χ4n) is 2.32. The molecule has 1 atom stereocenters. The standard InChI is InChI=1S/C17H23N3/c1-3-15(18)13-14-9-8-12-19-17(14)20(4-2)16-10-6-5-7-11-16/h5-12,15H,3-4,13,18H2,1-2H3. The molecular weight excluding hydrogens is 246 g/mol. The molecule has 1 aromatic heterocycles. The molecule has 0 fully saturated rings. The zero-order valence-electron chi connectivity index (χ0n) is 12.3. The van der Waals surface area contributed by atoms with Gasteiger partial charge in [0.05, 0.1) is 0 Å². The minimum absolute atomic E-state index is 0.187. The molecule has 106 valence electrons. The number of hydrogen-bond acceptors (Lipinski definition) is 3. The van der Waals surface area contributed by atoms with E-state index in [1.54, 1.807) is 0 Å². The van der Waals surface area contributed by atoms with Crippen molar-refractivity contribution in [2.45, 2.75) is 32.7 Å². The van der Waals surface area contributed by atoms with Gasteiger partial charge in [0.1, 0.15) is 5.82 Å². The van der Waals surface area contributed by atoms with Gasteiger partial charge in [-0.05, 0) is 43.5 Å². The molecule has 0 radical (unpaired) electrons. The van der Waals surface area contributed by atoms with Crippen molar-refractivity contribution in [3.63, 3.8) is 0 Å². The van der Waals surface area contributed by atoms with E-state index in [0.29, 0.717) is 0 Å². The fraction of sp³-hybridized carbons (Fsp3) is 0.353. The largest absolute Gasteiger partial charge is 0.327 e. The first kappa shape index (κ1) is 14.5. The minimum Gasteiger partial charge on any atom is -0.327 e. The van der Waals surface area contributed by atoms with Gasteiger partial charge >= 0.3 is 0 Å². The highest BCUT2D eigenvalue weighted by molar-refractivity contribution is 5.62. The lowest BCUT2D eigenvalue weighted by Crippen LogP contribution is -2.24. The molecule has 1 unspecified atom stereocenters. The Bertz CT molecular complexity index is 525. The van der Waals surface area contributed by atoms with Crippen LogP contribution in [0.1, 0.15) is 25.8 Å². The van der Waals surface area contributed by atoms with Crippen LogP contribution in [0.2, 0.25) is 0 Å². The zero-order chi connectivity index (χ0) is 14.4. The number of nitrogens with two attached hydrogens (primary N) is 1. The van der Waals surface area contributed by atoms with Crippen LogP contribution in [0.4, 0.5) is 11.5 Å². The summed E-state index contributed by atoms with van der Waals surface area (Å²) in [5, 5.41) is 0. The van der Waals surface area contributed by atoms with E-state index < -0.39 is 0 Å². The predicted molar refractivity (Wildman–Crippen MR) is 85.3 cm³/mol. The molecule has 0 aliphatic rings. The fourth-order valence-corrected chi connectivity index (χ4v) is 2.32. The summed E-state index contributed by atoms with van der Waals surface area (Å²) in [6.45, 7) is 5.15. The summed E-state index contributed by atoms with van der Waals surface area (Å²) >= 11 is 0. The Morgan fingerprint density at radius 2 is 1.85 bits per heavy atom. The maximum atomic E-state index is 6.11. The normalized spacial score (nSPS) is 12.2. The average Bonchev–Trinajstić information content (AvgIpc) is 2.50.